The van der Waals surface area contributed by atoms with Crippen molar-refractivity contribution < 1.29 is 9.53 Å². The average molecular weight is 279 g/mol. The fraction of sp³-hybridized carbons (Fsp3) is 0.364. The third-order valence-electron chi connectivity index (χ3n) is 2.15. The Morgan fingerprint density at radius 2 is 2.24 bits per heavy atom. The van der Waals surface area contributed by atoms with Crippen LogP contribution in [0.15, 0.2) is 18.2 Å². The number of carbonyl (C=O) groups excluding carboxylic acids is 1. The molecule has 17 heavy (non-hydrogen) atoms. The molecular formula is C11H16Cl2N2O2. The van der Waals surface area contributed by atoms with Crippen LogP contribution in [0.2, 0.25) is 5.02 Å². The molecule has 1 aromatic rings. The van der Waals surface area contributed by atoms with Gasteiger partial charge >= 0.3 is 0 Å². The number of ether oxygens (including phenoxy) is 1. The molecule has 0 saturated carbocycles. The maximum atomic E-state index is 11.3. The second kappa shape index (κ2) is 7.37. The Morgan fingerprint density at radius 1 is 1.59 bits per heavy atom. The van der Waals surface area contributed by atoms with Crippen LogP contribution in [0.25, 0.3) is 0 Å². The zero-order valence-electron chi connectivity index (χ0n) is 9.70. The quantitative estimate of drug-likeness (QED) is 0.882. The summed E-state index contributed by atoms with van der Waals surface area (Å²) in [6, 6.07) is 4.79. The second-order valence-electron chi connectivity index (χ2n) is 3.43. The fourth-order valence-corrected chi connectivity index (χ4v) is 1.47. The molecule has 6 heteroatoms. The first-order chi connectivity index (χ1) is 7.56. The van der Waals surface area contributed by atoms with E-state index in [1.807, 2.05) is 0 Å². The second-order valence-corrected chi connectivity index (χ2v) is 3.83. The normalized spacial score (nSPS) is 11.3. The molecule has 4 nitrogen and oxygen atoms in total. The number of benzene rings is 1. The third-order valence-corrected chi connectivity index (χ3v) is 2.50. The number of methoxy groups -OCH3 is 1. The van der Waals surface area contributed by atoms with Crippen molar-refractivity contribution in [2.24, 2.45) is 5.73 Å². The van der Waals surface area contributed by atoms with Gasteiger partial charge in [0.1, 0.15) is 5.75 Å². The first kappa shape index (κ1) is 16.0. The average Bonchev–Trinajstić information content (AvgIpc) is 2.26. The van der Waals surface area contributed by atoms with Crippen molar-refractivity contribution in [3.8, 4) is 5.75 Å². The molecule has 1 atom stereocenters. The van der Waals surface area contributed by atoms with Crippen LogP contribution in [0.3, 0.4) is 0 Å². The molecule has 1 amide bonds. The molecule has 0 bridgehead atoms. The SMILES string of the molecule is COc1cccc(Cl)c1CNC(=O)C(C)N.Cl. The van der Waals surface area contributed by atoms with Gasteiger partial charge in [0.25, 0.3) is 0 Å². The van der Waals surface area contributed by atoms with Gasteiger partial charge in [-0.2, -0.15) is 0 Å². The lowest BCUT2D eigenvalue weighted by atomic mass is 10.2. The molecule has 0 aliphatic carbocycles. The van der Waals surface area contributed by atoms with Crippen molar-refractivity contribution >= 4 is 29.9 Å². The summed E-state index contributed by atoms with van der Waals surface area (Å²) < 4.78 is 5.15. The van der Waals surface area contributed by atoms with Gasteiger partial charge in [-0.25, -0.2) is 0 Å². The minimum Gasteiger partial charge on any atom is -0.496 e. The van der Waals surface area contributed by atoms with E-state index in [0.717, 1.165) is 5.56 Å². The van der Waals surface area contributed by atoms with Crippen molar-refractivity contribution in [3.63, 3.8) is 0 Å². The highest BCUT2D eigenvalue weighted by atomic mass is 35.5. The number of nitrogens with two attached hydrogens (primary N) is 1. The predicted molar refractivity (Wildman–Crippen MR) is 70.7 cm³/mol. The van der Waals surface area contributed by atoms with Crippen molar-refractivity contribution in [2.75, 3.05) is 7.11 Å². The van der Waals surface area contributed by atoms with E-state index in [1.165, 1.54) is 0 Å². The first-order valence-corrected chi connectivity index (χ1v) is 5.28. The van der Waals surface area contributed by atoms with Crippen LogP contribution >= 0.6 is 24.0 Å². The fourth-order valence-electron chi connectivity index (χ4n) is 1.24. The smallest absolute Gasteiger partial charge is 0.236 e. The van der Waals surface area contributed by atoms with Crippen LogP contribution in [0.4, 0.5) is 0 Å². The van der Waals surface area contributed by atoms with Gasteiger partial charge < -0.3 is 15.8 Å². The molecule has 1 unspecified atom stereocenters. The molecular weight excluding hydrogens is 263 g/mol. The van der Waals surface area contributed by atoms with Crippen molar-refractivity contribution in [1.29, 1.82) is 0 Å². The van der Waals surface area contributed by atoms with E-state index in [0.29, 0.717) is 17.3 Å². The predicted octanol–water partition coefficient (Wildman–Crippen LogP) is 1.73. The van der Waals surface area contributed by atoms with E-state index < -0.39 is 6.04 Å². The Bertz CT molecular complexity index is 384. The standard InChI is InChI=1S/C11H15ClN2O2.ClH/c1-7(13)11(15)14-6-8-9(12)4-3-5-10(8)16-2;/h3-5,7H,6,13H2,1-2H3,(H,14,15);1H. The highest BCUT2D eigenvalue weighted by molar-refractivity contribution is 6.31. The summed E-state index contributed by atoms with van der Waals surface area (Å²) in [7, 11) is 1.56. The number of hydrogen-bond donors (Lipinski definition) is 2. The monoisotopic (exact) mass is 278 g/mol. The van der Waals surface area contributed by atoms with Crippen LogP contribution in [-0.2, 0) is 11.3 Å². The third kappa shape index (κ3) is 4.42. The van der Waals surface area contributed by atoms with Gasteiger partial charge in [0, 0.05) is 17.1 Å². The molecule has 0 spiro atoms. The summed E-state index contributed by atoms with van der Waals surface area (Å²) in [6.45, 7) is 1.93. The largest absolute Gasteiger partial charge is 0.496 e. The molecule has 0 fully saturated rings. The maximum absolute atomic E-state index is 11.3. The van der Waals surface area contributed by atoms with Crippen LogP contribution in [0, 0.1) is 0 Å². The van der Waals surface area contributed by atoms with Crippen LogP contribution in [0.5, 0.6) is 5.75 Å². The summed E-state index contributed by atoms with van der Waals surface area (Å²) in [5.74, 6) is 0.430. The van der Waals surface area contributed by atoms with Crippen LogP contribution in [-0.4, -0.2) is 19.1 Å². The van der Waals surface area contributed by atoms with Gasteiger partial charge in [-0.3, -0.25) is 4.79 Å². The number of carbonyl (C=O) groups is 1. The Labute approximate surface area is 112 Å². The lowest BCUT2D eigenvalue weighted by Crippen LogP contribution is -2.37. The molecule has 96 valence electrons. The molecule has 0 heterocycles. The van der Waals surface area contributed by atoms with Crippen LogP contribution in [0.1, 0.15) is 12.5 Å². The molecule has 1 aromatic carbocycles. The number of rotatable bonds is 4. The lowest BCUT2D eigenvalue weighted by molar-refractivity contribution is -0.122. The van der Waals surface area contributed by atoms with Gasteiger partial charge in [-0.1, -0.05) is 17.7 Å². The molecule has 0 aliphatic rings. The molecule has 0 aromatic heterocycles. The maximum Gasteiger partial charge on any atom is 0.236 e. The summed E-state index contributed by atoms with van der Waals surface area (Å²) >= 11 is 6.01. The lowest BCUT2D eigenvalue weighted by Gasteiger charge is -2.12. The van der Waals surface area contributed by atoms with E-state index in [4.69, 9.17) is 22.1 Å². The van der Waals surface area contributed by atoms with Gasteiger partial charge in [0.15, 0.2) is 0 Å². The number of halogens is 2. The first-order valence-electron chi connectivity index (χ1n) is 4.91. The molecule has 1 rings (SSSR count). The number of nitrogens with one attached hydrogen (secondary N) is 1. The number of amides is 1. The van der Waals surface area contributed by atoms with Gasteiger partial charge in [-0.05, 0) is 19.1 Å². The highest BCUT2D eigenvalue weighted by Crippen LogP contribution is 2.25. The zero-order valence-corrected chi connectivity index (χ0v) is 11.3. The summed E-state index contributed by atoms with van der Waals surface area (Å²) in [5.41, 5.74) is 6.18. The minimum atomic E-state index is -0.534. The van der Waals surface area contributed by atoms with Gasteiger partial charge in [-0.15, -0.1) is 12.4 Å². The van der Waals surface area contributed by atoms with Crippen molar-refractivity contribution in [1.82, 2.24) is 5.32 Å². The van der Waals surface area contributed by atoms with Crippen LogP contribution < -0.4 is 15.8 Å². The Balaban J connectivity index is 0.00000256. The molecule has 0 aliphatic heterocycles. The van der Waals surface area contributed by atoms with Crippen molar-refractivity contribution in [2.45, 2.75) is 19.5 Å². The Hall–Kier alpha value is -0.970. The van der Waals surface area contributed by atoms with E-state index >= 15 is 0 Å². The van der Waals surface area contributed by atoms with Gasteiger partial charge in [0.05, 0.1) is 13.2 Å². The van der Waals surface area contributed by atoms with E-state index in [9.17, 15) is 4.79 Å². The Morgan fingerprint density at radius 3 is 2.76 bits per heavy atom. The summed E-state index contributed by atoms with van der Waals surface area (Å²) in [6.07, 6.45) is 0. The highest BCUT2D eigenvalue weighted by Gasteiger charge is 2.11. The number of hydrogen-bond acceptors (Lipinski definition) is 3. The topological polar surface area (TPSA) is 64.3 Å². The van der Waals surface area contributed by atoms with Crippen molar-refractivity contribution in [3.05, 3.63) is 28.8 Å². The van der Waals surface area contributed by atoms with E-state index in [-0.39, 0.29) is 18.3 Å². The zero-order chi connectivity index (χ0) is 12.1. The summed E-state index contributed by atoms with van der Waals surface area (Å²) in [4.78, 5) is 11.3. The summed E-state index contributed by atoms with van der Waals surface area (Å²) in [5, 5.41) is 3.25. The van der Waals surface area contributed by atoms with E-state index in [1.54, 1.807) is 32.2 Å². The molecule has 3 N–H and O–H groups in total. The Kier molecular flexibility index (Phi) is 6.95. The van der Waals surface area contributed by atoms with Gasteiger partial charge in [0.2, 0.25) is 5.91 Å². The minimum absolute atomic E-state index is 0. The molecule has 0 radical (unpaired) electrons. The molecule has 0 saturated heterocycles. The van der Waals surface area contributed by atoms with E-state index in [2.05, 4.69) is 5.32 Å².